The van der Waals surface area contributed by atoms with Crippen molar-refractivity contribution in [1.82, 2.24) is 0 Å². The van der Waals surface area contributed by atoms with E-state index in [-0.39, 0.29) is 5.78 Å². The van der Waals surface area contributed by atoms with Crippen molar-refractivity contribution >= 4 is 14.6 Å². The molecule has 0 atom stereocenters. The number of carbonyl (C=O) groups excluding carboxylic acids is 1. The summed E-state index contributed by atoms with van der Waals surface area (Å²) in [6.45, 7) is 13.6. The highest BCUT2D eigenvalue weighted by Gasteiger charge is 2.40. The van der Waals surface area contributed by atoms with Gasteiger partial charge in [0.15, 0.2) is 5.78 Å². The van der Waals surface area contributed by atoms with Gasteiger partial charge in [-0.2, -0.15) is 0 Å². The molecule has 5 heteroatoms. The van der Waals surface area contributed by atoms with Gasteiger partial charge in [0.25, 0.3) is 0 Å². The third-order valence-corrected chi connectivity index (χ3v) is 5.84. The summed E-state index contributed by atoms with van der Waals surface area (Å²) < 4.78 is 18.0. The third-order valence-electron chi connectivity index (χ3n) is 2.94. The molecule has 0 aromatic rings. The predicted molar refractivity (Wildman–Crippen MR) is 88.3 cm³/mol. The second-order valence-corrected chi connectivity index (χ2v) is 8.02. The maximum Gasteiger partial charge on any atom is 0.500 e. The van der Waals surface area contributed by atoms with Gasteiger partial charge < -0.3 is 13.3 Å². The van der Waals surface area contributed by atoms with E-state index < -0.39 is 8.80 Å². The van der Waals surface area contributed by atoms with Crippen molar-refractivity contribution in [2.45, 2.75) is 65.8 Å². The van der Waals surface area contributed by atoms with Gasteiger partial charge in [-0.1, -0.05) is 27.4 Å². The van der Waals surface area contributed by atoms with Crippen LogP contribution in [0.15, 0.2) is 12.2 Å². The van der Waals surface area contributed by atoms with Crippen molar-refractivity contribution in [3.63, 3.8) is 0 Å². The maximum atomic E-state index is 11.7. The highest BCUT2D eigenvalue weighted by molar-refractivity contribution is 6.60. The predicted octanol–water partition coefficient (Wildman–Crippen LogP) is 4.13. The summed E-state index contributed by atoms with van der Waals surface area (Å²) in [6, 6.07) is 0.700. The van der Waals surface area contributed by atoms with Crippen LogP contribution in [0.25, 0.3) is 0 Å². The molecule has 0 saturated heterocycles. The van der Waals surface area contributed by atoms with E-state index >= 15 is 0 Å². The molecule has 0 N–H and O–H groups in total. The first-order chi connectivity index (χ1) is 10.0. The van der Waals surface area contributed by atoms with E-state index in [1.807, 2.05) is 0 Å². The number of hydrogen-bond acceptors (Lipinski definition) is 4. The Kier molecular flexibility index (Phi) is 11.8. The van der Waals surface area contributed by atoms with E-state index in [9.17, 15) is 4.79 Å². The summed E-state index contributed by atoms with van der Waals surface area (Å²) in [5, 5.41) is 0. The maximum absolute atomic E-state index is 11.7. The normalized spacial score (nSPS) is 11.6. The third kappa shape index (κ3) is 9.19. The smallest absolute Gasteiger partial charge is 0.373 e. The standard InChI is InChI=1S/C16H32O4Si/c1-6-11-18-21(19-12-7-2,20-13-8-3)14-9-10-16(17)15(4)5/h4,6-14H2,1-3,5H3. The molecule has 0 amide bonds. The molecule has 0 radical (unpaired) electrons. The summed E-state index contributed by atoms with van der Waals surface area (Å²) in [7, 11) is -2.64. The minimum Gasteiger partial charge on any atom is -0.373 e. The van der Waals surface area contributed by atoms with Crippen LogP contribution in [0.1, 0.15) is 59.8 Å². The zero-order chi connectivity index (χ0) is 16.1. The Balaban J connectivity index is 4.61. The fourth-order valence-electron chi connectivity index (χ4n) is 1.79. The molecule has 0 aromatic carbocycles. The lowest BCUT2D eigenvalue weighted by Crippen LogP contribution is -2.46. The zero-order valence-electron chi connectivity index (χ0n) is 14.2. The van der Waals surface area contributed by atoms with Crippen LogP contribution >= 0.6 is 0 Å². The lowest BCUT2D eigenvalue weighted by Gasteiger charge is -2.29. The number of carbonyl (C=O) groups is 1. The quantitative estimate of drug-likeness (QED) is 0.357. The second kappa shape index (κ2) is 12.1. The van der Waals surface area contributed by atoms with Crippen molar-refractivity contribution in [2.24, 2.45) is 0 Å². The van der Waals surface area contributed by atoms with Crippen molar-refractivity contribution in [3.05, 3.63) is 12.2 Å². The summed E-state index contributed by atoms with van der Waals surface area (Å²) in [4.78, 5) is 11.7. The zero-order valence-corrected chi connectivity index (χ0v) is 15.2. The highest BCUT2D eigenvalue weighted by Crippen LogP contribution is 2.21. The van der Waals surface area contributed by atoms with E-state index in [0.29, 0.717) is 37.9 Å². The minimum absolute atomic E-state index is 0.111. The molecule has 0 saturated carbocycles. The SMILES string of the molecule is C=C(C)C(=O)CCC[Si](OCCC)(OCCC)OCCC. The fourth-order valence-corrected chi connectivity index (χ4v) is 4.63. The lowest BCUT2D eigenvalue weighted by molar-refractivity contribution is -0.115. The average molecular weight is 317 g/mol. The molecule has 0 spiro atoms. The lowest BCUT2D eigenvalue weighted by atomic mass is 10.1. The van der Waals surface area contributed by atoms with Crippen LogP contribution in [-0.4, -0.2) is 34.4 Å². The van der Waals surface area contributed by atoms with E-state index in [1.54, 1.807) is 6.92 Å². The summed E-state index contributed by atoms with van der Waals surface area (Å²) in [5.74, 6) is 0.111. The Morgan fingerprint density at radius 3 is 1.71 bits per heavy atom. The summed E-state index contributed by atoms with van der Waals surface area (Å²) >= 11 is 0. The van der Waals surface area contributed by atoms with Gasteiger partial charge in [0.05, 0.1) is 0 Å². The van der Waals surface area contributed by atoms with E-state index in [1.165, 1.54) is 0 Å². The first-order valence-corrected chi connectivity index (χ1v) is 10.0. The number of ketones is 1. The Hall–Kier alpha value is -0.493. The average Bonchev–Trinajstić information content (AvgIpc) is 2.48. The Morgan fingerprint density at radius 2 is 1.38 bits per heavy atom. The van der Waals surface area contributed by atoms with E-state index in [0.717, 1.165) is 25.7 Å². The van der Waals surface area contributed by atoms with Gasteiger partial charge in [0, 0.05) is 32.3 Å². The molecule has 0 rings (SSSR count). The molecule has 0 aliphatic heterocycles. The molecule has 0 heterocycles. The van der Waals surface area contributed by atoms with Crippen molar-refractivity contribution < 1.29 is 18.1 Å². The van der Waals surface area contributed by atoms with Crippen molar-refractivity contribution in [2.75, 3.05) is 19.8 Å². The van der Waals surface area contributed by atoms with Crippen LogP contribution in [0.4, 0.5) is 0 Å². The van der Waals surface area contributed by atoms with Gasteiger partial charge in [-0.3, -0.25) is 4.79 Å². The first kappa shape index (κ1) is 20.5. The molecule has 0 aromatic heterocycles. The van der Waals surface area contributed by atoms with Crippen molar-refractivity contribution in [3.8, 4) is 0 Å². The molecule has 0 aliphatic rings. The van der Waals surface area contributed by atoms with E-state index in [2.05, 4.69) is 27.4 Å². The number of allylic oxidation sites excluding steroid dienone is 1. The number of hydrogen-bond donors (Lipinski definition) is 0. The van der Waals surface area contributed by atoms with Crippen LogP contribution in [0.3, 0.4) is 0 Å². The van der Waals surface area contributed by atoms with E-state index in [4.69, 9.17) is 13.3 Å². The molecule has 0 unspecified atom stereocenters. The van der Waals surface area contributed by atoms with Crippen LogP contribution in [0.2, 0.25) is 6.04 Å². The first-order valence-electron chi connectivity index (χ1n) is 8.11. The van der Waals surface area contributed by atoms with Gasteiger partial charge in [0.1, 0.15) is 0 Å². The summed E-state index contributed by atoms with van der Waals surface area (Å²) in [6.07, 6.45) is 4.03. The largest absolute Gasteiger partial charge is 0.500 e. The number of rotatable bonds is 14. The molecule has 4 nitrogen and oxygen atoms in total. The Morgan fingerprint density at radius 1 is 0.952 bits per heavy atom. The highest BCUT2D eigenvalue weighted by atomic mass is 28.4. The monoisotopic (exact) mass is 316 g/mol. The van der Waals surface area contributed by atoms with Crippen molar-refractivity contribution in [1.29, 1.82) is 0 Å². The Labute approximate surface area is 131 Å². The van der Waals surface area contributed by atoms with Crippen LogP contribution < -0.4 is 0 Å². The molecular formula is C16H32O4Si. The Bertz CT molecular complexity index is 283. The molecule has 124 valence electrons. The van der Waals surface area contributed by atoms with Crippen LogP contribution in [-0.2, 0) is 18.1 Å². The van der Waals surface area contributed by atoms with Crippen LogP contribution in [0.5, 0.6) is 0 Å². The van der Waals surface area contributed by atoms with Gasteiger partial charge in [-0.25, -0.2) is 0 Å². The van der Waals surface area contributed by atoms with Gasteiger partial charge in [-0.05, 0) is 38.2 Å². The molecule has 0 aliphatic carbocycles. The topological polar surface area (TPSA) is 44.8 Å². The fraction of sp³-hybridized carbons (Fsp3) is 0.812. The molecule has 21 heavy (non-hydrogen) atoms. The molecule has 0 fully saturated rings. The van der Waals surface area contributed by atoms with Gasteiger partial charge in [0.2, 0.25) is 0 Å². The minimum atomic E-state index is -2.64. The number of Topliss-reactive ketones (excluding diaryl/α,β-unsaturated/α-hetero) is 1. The van der Waals surface area contributed by atoms with Gasteiger partial charge >= 0.3 is 8.80 Å². The summed E-state index contributed by atoms with van der Waals surface area (Å²) in [5.41, 5.74) is 0.612. The second-order valence-electron chi connectivity index (χ2n) is 5.29. The van der Waals surface area contributed by atoms with Crippen LogP contribution in [0, 0.1) is 0 Å². The van der Waals surface area contributed by atoms with Gasteiger partial charge in [-0.15, -0.1) is 0 Å². The molecular weight excluding hydrogens is 284 g/mol. The molecule has 0 bridgehead atoms.